The maximum absolute atomic E-state index is 12.5. The fourth-order valence-corrected chi connectivity index (χ4v) is 5.32. The third kappa shape index (κ3) is 4.76. The highest BCUT2D eigenvalue weighted by Gasteiger charge is 2.21. The lowest BCUT2D eigenvalue weighted by molar-refractivity contribution is 0.0692. The standard InChI is InChI=1S/C23H23BrN2O4S2/c1-16-15-22(23(31)25-11-13-29-14-12-25)17(2)26(16)19-5-7-20(8-6-19)30-32(27,28)21-9-3-18(24)4-10-21/h3-10,15H,11-14H2,1-2H3. The summed E-state index contributed by atoms with van der Waals surface area (Å²) >= 11 is 9.05. The molecule has 0 amide bonds. The van der Waals surface area contributed by atoms with Crippen molar-refractivity contribution < 1.29 is 17.3 Å². The van der Waals surface area contributed by atoms with E-state index in [9.17, 15) is 8.42 Å². The van der Waals surface area contributed by atoms with Gasteiger partial charge in [0.2, 0.25) is 0 Å². The van der Waals surface area contributed by atoms with Crippen LogP contribution in [0.25, 0.3) is 5.69 Å². The Morgan fingerprint density at radius 3 is 2.28 bits per heavy atom. The van der Waals surface area contributed by atoms with E-state index in [4.69, 9.17) is 21.1 Å². The molecule has 1 fully saturated rings. The molecule has 0 radical (unpaired) electrons. The number of aryl methyl sites for hydroxylation is 1. The summed E-state index contributed by atoms with van der Waals surface area (Å²) in [6.45, 7) is 7.02. The van der Waals surface area contributed by atoms with Gasteiger partial charge < -0.3 is 18.4 Å². The molecule has 6 nitrogen and oxygen atoms in total. The van der Waals surface area contributed by atoms with E-state index in [1.807, 2.05) is 26.0 Å². The van der Waals surface area contributed by atoms with Crippen molar-refractivity contribution in [1.82, 2.24) is 9.47 Å². The summed E-state index contributed by atoms with van der Waals surface area (Å²) in [6.07, 6.45) is 0. The zero-order valence-corrected chi connectivity index (χ0v) is 21.0. The average molecular weight is 535 g/mol. The van der Waals surface area contributed by atoms with E-state index in [-0.39, 0.29) is 10.6 Å². The lowest BCUT2D eigenvalue weighted by Crippen LogP contribution is -2.40. The maximum Gasteiger partial charge on any atom is 0.339 e. The van der Waals surface area contributed by atoms with Crippen LogP contribution in [0.3, 0.4) is 0 Å². The topological polar surface area (TPSA) is 60.8 Å². The molecule has 0 atom stereocenters. The van der Waals surface area contributed by atoms with Gasteiger partial charge in [-0.1, -0.05) is 28.1 Å². The van der Waals surface area contributed by atoms with Crippen molar-refractivity contribution in [2.45, 2.75) is 18.7 Å². The average Bonchev–Trinajstić information content (AvgIpc) is 3.08. The fraction of sp³-hybridized carbons (Fsp3) is 0.261. The van der Waals surface area contributed by atoms with Crippen LogP contribution in [0.4, 0.5) is 0 Å². The molecule has 1 aliphatic rings. The summed E-state index contributed by atoms with van der Waals surface area (Å²) in [7, 11) is -3.90. The van der Waals surface area contributed by atoms with Gasteiger partial charge in [-0.3, -0.25) is 0 Å². The molecule has 0 saturated carbocycles. The molecule has 1 aromatic heterocycles. The lowest BCUT2D eigenvalue weighted by Gasteiger charge is -2.29. The van der Waals surface area contributed by atoms with Gasteiger partial charge in [0, 0.05) is 40.2 Å². The van der Waals surface area contributed by atoms with Gasteiger partial charge in [0.15, 0.2) is 0 Å². The van der Waals surface area contributed by atoms with Crippen molar-refractivity contribution in [2.75, 3.05) is 26.3 Å². The van der Waals surface area contributed by atoms with Crippen molar-refractivity contribution in [3.05, 3.63) is 76.0 Å². The Morgan fingerprint density at radius 1 is 1.03 bits per heavy atom. The van der Waals surface area contributed by atoms with E-state index < -0.39 is 10.1 Å². The summed E-state index contributed by atoms with van der Waals surface area (Å²) in [4.78, 5) is 3.10. The SMILES string of the molecule is Cc1cc(C(=S)N2CCOCC2)c(C)n1-c1ccc(OS(=O)(=O)c2ccc(Br)cc2)cc1. The Morgan fingerprint density at radius 2 is 1.66 bits per heavy atom. The minimum atomic E-state index is -3.90. The zero-order valence-electron chi connectivity index (χ0n) is 17.7. The Kier molecular flexibility index (Phi) is 6.71. The zero-order chi connectivity index (χ0) is 22.9. The Bertz CT molecular complexity index is 1230. The quantitative estimate of drug-likeness (QED) is 0.351. The third-order valence-corrected chi connectivity index (χ3v) is 7.63. The molecule has 1 saturated heterocycles. The van der Waals surface area contributed by atoms with Crippen molar-refractivity contribution >= 4 is 43.3 Å². The van der Waals surface area contributed by atoms with Gasteiger partial charge in [-0.2, -0.15) is 8.42 Å². The number of morpholine rings is 1. The van der Waals surface area contributed by atoms with Crippen molar-refractivity contribution in [1.29, 1.82) is 0 Å². The van der Waals surface area contributed by atoms with Crippen molar-refractivity contribution in [3.63, 3.8) is 0 Å². The second kappa shape index (κ2) is 9.35. The van der Waals surface area contributed by atoms with Crippen molar-refractivity contribution in [3.8, 4) is 11.4 Å². The van der Waals surface area contributed by atoms with Crippen LogP contribution in [0, 0.1) is 13.8 Å². The number of hydrogen-bond donors (Lipinski definition) is 0. The molecule has 0 bridgehead atoms. The summed E-state index contributed by atoms with van der Waals surface area (Å²) in [5, 5.41) is 0. The maximum atomic E-state index is 12.5. The van der Waals surface area contributed by atoms with Crippen LogP contribution in [-0.2, 0) is 14.9 Å². The smallest absolute Gasteiger partial charge is 0.339 e. The highest BCUT2D eigenvalue weighted by atomic mass is 79.9. The lowest BCUT2D eigenvalue weighted by atomic mass is 10.2. The Labute approximate surface area is 202 Å². The Hall–Kier alpha value is -2.20. The van der Waals surface area contributed by atoms with E-state index in [1.165, 1.54) is 12.1 Å². The highest BCUT2D eigenvalue weighted by molar-refractivity contribution is 9.10. The van der Waals surface area contributed by atoms with E-state index in [1.54, 1.807) is 24.3 Å². The van der Waals surface area contributed by atoms with Gasteiger partial charge in [0.1, 0.15) is 15.6 Å². The third-order valence-electron chi connectivity index (χ3n) is 5.36. The summed E-state index contributed by atoms with van der Waals surface area (Å²) in [5.74, 6) is 0.253. The summed E-state index contributed by atoms with van der Waals surface area (Å²) in [5.41, 5.74) is 4.02. The summed E-state index contributed by atoms with van der Waals surface area (Å²) in [6, 6.07) is 15.4. The molecule has 4 rings (SSSR count). The van der Waals surface area contributed by atoms with E-state index >= 15 is 0 Å². The van der Waals surface area contributed by atoms with Crippen LogP contribution in [0.15, 0.2) is 64.0 Å². The van der Waals surface area contributed by atoms with Crippen LogP contribution in [0.1, 0.15) is 17.0 Å². The van der Waals surface area contributed by atoms with Crippen LogP contribution in [-0.4, -0.2) is 49.2 Å². The molecule has 0 unspecified atom stereocenters. The molecule has 2 aromatic carbocycles. The predicted octanol–water partition coefficient (Wildman–Crippen LogP) is 4.63. The van der Waals surface area contributed by atoms with Gasteiger partial charge in [-0.25, -0.2) is 0 Å². The van der Waals surface area contributed by atoms with E-state index in [0.717, 1.165) is 45.2 Å². The molecule has 0 aliphatic carbocycles. The molecule has 1 aliphatic heterocycles. The van der Waals surface area contributed by atoms with Crippen LogP contribution < -0.4 is 4.18 Å². The number of aromatic nitrogens is 1. The van der Waals surface area contributed by atoms with Gasteiger partial charge >= 0.3 is 10.1 Å². The first-order valence-corrected chi connectivity index (χ1v) is 12.7. The molecule has 0 N–H and O–H groups in total. The Balaban J connectivity index is 1.56. The van der Waals surface area contributed by atoms with Crippen LogP contribution in [0.2, 0.25) is 0 Å². The molecular weight excluding hydrogens is 512 g/mol. The highest BCUT2D eigenvalue weighted by Crippen LogP contribution is 2.26. The molecule has 2 heterocycles. The largest absolute Gasteiger partial charge is 0.379 e. The van der Waals surface area contributed by atoms with Crippen LogP contribution >= 0.6 is 28.1 Å². The number of benzene rings is 2. The molecular formula is C23H23BrN2O4S2. The minimum Gasteiger partial charge on any atom is -0.379 e. The van der Waals surface area contributed by atoms with E-state index in [2.05, 4.69) is 31.5 Å². The van der Waals surface area contributed by atoms with Crippen LogP contribution in [0.5, 0.6) is 5.75 Å². The van der Waals surface area contributed by atoms with Gasteiger partial charge in [-0.05, 0) is 68.4 Å². The number of ether oxygens (including phenoxy) is 1. The molecule has 32 heavy (non-hydrogen) atoms. The number of halogens is 1. The first-order valence-electron chi connectivity index (χ1n) is 10.1. The second-order valence-corrected chi connectivity index (χ2v) is 10.4. The molecule has 168 valence electrons. The number of rotatable bonds is 5. The van der Waals surface area contributed by atoms with Gasteiger partial charge in [-0.15, -0.1) is 0 Å². The first kappa shape index (κ1) is 23.0. The number of nitrogens with zero attached hydrogens (tertiary/aromatic N) is 2. The van der Waals surface area contributed by atoms with E-state index in [0.29, 0.717) is 13.2 Å². The number of thiocarbonyl (C=S) groups is 1. The molecule has 9 heteroatoms. The monoisotopic (exact) mass is 534 g/mol. The normalized spacial score (nSPS) is 14.4. The minimum absolute atomic E-state index is 0.100. The first-order chi connectivity index (χ1) is 15.3. The van der Waals surface area contributed by atoms with Gasteiger partial charge in [0.05, 0.1) is 13.2 Å². The fourth-order valence-electron chi connectivity index (χ4n) is 3.74. The summed E-state index contributed by atoms with van der Waals surface area (Å²) < 4.78 is 38.7. The van der Waals surface area contributed by atoms with Gasteiger partial charge in [0.25, 0.3) is 0 Å². The molecule has 3 aromatic rings. The molecule has 0 spiro atoms. The second-order valence-electron chi connectivity index (χ2n) is 7.51. The number of hydrogen-bond acceptors (Lipinski definition) is 5. The van der Waals surface area contributed by atoms with Crippen molar-refractivity contribution in [2.24, 2.45) is 0 Å². The predicted molar refractivity (Wildman–Crippen MR) is 131 cm³/mol.